The van der Waals surface area contributed by atoms with Gasteiger partial charge in [0.1, 0.15) is 5.82 Å². The molecule has 5 nitrogen and oxygen atoms in total. The zero-order valence-corrected chi connectivity index (χ0v) is 11.5. The average Bonchev–Trinajstić information content (AvgIpc) is 2.38. The van der Waals surface area contributed by atoms with Gasteiger partial charge in [-0.2, -0.15) is 11.8 Å². The van der Waals surface area contributed by atoms with Crippen molar-refractivity contribution in [3.63, 3.8) is 0 Å². The van der Waals surface area contributed by atoms with E-state index >= 15 is 0 Å². The Morgan fingerprint density at radius 3 is 2.80 bits per heavy atom. The van der Waals surface area contributed by atoms with E-state index in [2.05, 4.69) is 17.2 Å². The van der Waals surface area contributed by atoms with Crippen molar-refractivity contribution in [1.29, 1.82) is 0 Å². The highest BCUT2D eigenvalue weighted by atomic mass is 32.2. The molecule has 0 aromatic heterocycles. The van der Waals surface area contributed by atoms with Crippen LogP contribution in [-0.4, -0.2) is 35.2 Å². The van der Waals surface area contributed by atoms with E-state index in [-0.39, 0.29) is 5.69 Å². The summed E-state index contributed by atoms with van der Waals surface area (Å²) in [4.78, 5) is 22.1. The number of urea groups is 1. The molecule has 0 fully saturated rings. The number of benzene rings is 1. The quantitative estimate of drug-likeness (QED) is 0.534. The molecule has 0 saturated carbocycles. The van der Waals surface area contributed by atoms with Gasteiger partial charge in [-0.3, -0.25) is 0 Å². The van der Waals surface area contributed by atoms with Crippen LogP contribution in [0.15, 0.2) is 30.9 Å². The van der Waals surface area contributed by atoms with Gasteiger partial charge < -0.3 is 15.7 Å². The molecule has 0 bridgehead atoms. The molecule has 0 aliphatic heterocycles. The first-order valence-electron chi connectivity index (χ1n) is 5.81. The van der Waals surface area contributed by atoms with Crippen molar-refractivity contribution in [3.8, 4) is 0 Å². The number of hydrogen-bond donors (Lipinski definition) is 3. The molecule has 1 rings (SSSR count). The monoisotopic (exact) mass is 298 g/mol. The molecule has 0 unspecified atom stereocenters. The molecule has 0 atom stereocenters. The lowest BCUT2D eigenvalue weighted by atomic mass is 10.2. The average molecular weight is 298 g/mol. The maximum Gasteiger partial charge on any atom is 0.338 e. The summed E-state index contributed by atoms with van der Waals surface area (Å²) in [7, 11) is 0. The topological polar surface area (TPSA) is 78.4 Å². The molecule has 3 N–H and O–H groups in total. The van der Waals surface area contributed by atoms with Gasteiger partial charge in [0.25, 0.3) is 0 Å². The van der Waals surface area contributed by atoms with Gasteiger partial charge >= 0.3 is 12.0 Å². The third-order valence-electron chi connectivity index (χ3n) is 2.23. The van der Waals surface area contributed by atoms with E-state index in [9.17, 15) is 14.0 Å². The van der Waals surface area contributed by atoms with Crippen LogP contribution in [0.4, 0.5) is 14.9 Å². The van der Waals surface area contributed by atoms with E-state index < -0.39 is 23.4 Å². The number of halogens is 1. The van der Waals surface area contributed by atoms with E-state index in [1.165, 1.54) is 6.07 Å². The SMILES string of the molecule is C=CCSCCNC(=O)Nc1ccc(C(=O)O)c(F)c1. The zero-order chi connectivity index (χ0) is 15.0. The van der Waals surface area contributed by atoms with Gasteiger partial charge in [-0.15, -0.1) is 6.58 Å². The zero-order valence-electron chi connectivity index (χ0n) is 10.7. The second kappa shape index (κ2) is 8.21. The predicted molar refractivity (Wildman–Crippen MR) is 77.9 cm³/mol. The molecule has 0 radical (unpaired) electrons. The summed E-state index contributed by atoms with van der Waals surface area (Å²) >= 11 is 1.62. The molecule has 1 aromatic carbocycles. The number of hydrogen-bond acceptors (Lipinski definition) is 3. The summed E-state index contributed by atoms with van der Waals surface area (Å²) in [6.07, 6.45) is 1.78. The van der Waals surface area contributed by atoms with Crippen molar-refractivity contribution in [2.45, 2.75) is 0 Å². The number of rotatable bonds is 7. The number of carbonyl (C=O) groups excluding carboxylic acids is 1. The lowest BCUT2D eigenvalue weighted by Gasteiger charge is -2.08. The van der Waals surface area contributed by atoms with Crippen LogP contribution in [0.5, 0.6) is 0 Å². The Labute approximate surface area is 120 Å². The highest BCUT2D eigenvalue weighted by Crippen LogP contribution is 2.14. The fraction of sp³-hybridized carbons (Fsp3) is 0.231. The molecule has 0 aliphatic rings. The standard InChI is InChI=1S/C13H15FN2O3S/c1-2-6-20-7-5-15-13(19)16-9-3-4-10(12(17)18)11(14)8-9/h2-4,8H,1,5-7H2,(H,17,18)(H2,15,16,19). The first-order valence-corrected chi connectivity index (χ1v) is 6.96. The highest BCUT2D eigenvalue weighted by Gasteiger charge is 2.11. The van der Waals surface area contributed by atoms with Crippen LogP contribution >= 0.6 is 11.8 Å². The Balaban J connectivity index is 2.44. The summed E-state index contributed by atoms with van der Waals surface area (Å²) < 4.78 is 13.4. The minimum absolute atomic E-state index is 0.198. The maximum atomic E-state index is 13.4. The maximum absolute atomic E-state index is 13.4. The van der Waals surface area contributed by atoms with Crippen molar-refractivity contribution >= 4 is 29.4 Å². The number of aromatic carboxylic acids is 1. The number of amides is 2. The number of carboxylic acids is 1. The molecule has 2 amide bonds. The van der Waals surface area contributed by atoms with Crippen LogP contribution in [-0.2, 0) is 0 Å². The molecular weight excluding hydrogens is 283 g/mol. The van der Waals surface area contributed by atoms with Crippen LogP contribution in [0, 0.1) is 5.82 Å². The number of nitrogens with one attached hydrogen (secondary N) is 2. The fourth-order valence-electron chi connectivity index (χ4n) is 1.34. The predicted octanol–water partition coefficient (Wildman–Crippen LogP) is 2.56. The number of carbonyl (C=O) groups is 2. The Morgan fingerprint density at radius 2 is 2.20 bits per heavy atom. The van der Waals surface area contributed by atoms with Crippen LogP contribution in [0.3, 0.4) is 0 Å². The molecule has 0 heterocycles. The summed E-state index contributed by atoms with van der Waals surface area (Å²) in [5, 5.41) is 13.7. The number of anilines is 1. The van der Waals surface area contributed by atoms with Crippen LogP contribution in [0.2, 0.25) is 0 Å². The van der Waals surface area contributed by atoms with Crippen LogP contribution in [0.1, 0.15) is 10.4 Å². The van der Waals surface area contributed by atoms with Gasteiger partial charge in [-0.1, -0.05) is 6.08 Å². The first-order chi connectivity index (χ1) is 9.54. The van der Waals surface area contributed by atoms with Gasteiger partial charge in [-0.25, -0.2) is 14.0 Å². The minimum Gasteiger partial charge on any atom is -0.478 e. The van der Waals surface area contributed by atoms with Gasteiger partial charge in [0.15, 0.2) is 0 Å². The summed E-state index contributed by atoms with van der Waals surface area (Å²) in [5.41, 5.74) is -0.236. The molecule has 1 aromatic rings. The molecule has 0 spiro atoms. The molecule has 20 heavy (non-hydrogen) atoms. The number of thioether (sulfide) groups is 1. The Hall–Kier alpha value is -2.02. The first kappa shape index (κ1) is 16.0. The van der Waals surface area contributed by atoms with Crippen molar-refractivity contribution in [1.82, 2.24) is 5.32 Å². The third-order valence-corrected chi connectivity index (χ3v) is 3.19. The molecule has 7 heteroatoms. The fourth-order valence-corrected chi connectivity index (χ4v) is 1.92. The second-order valence-corrected chi connectivity index (χ2v) is 4.89. The summed E-state index contributed by atoms with van der Waals surface area (Å²) in [6, 6.07) is 2.94. The van der Waals surface area contributed by atoms with E-state index in [1.807, 2.05) is 0 Å². The number of carboxylic acid groups (broad SMARTS) is 1. The van der Waals surface area contributed by atoms with E-state index in [4.69, 9.17) is 5.11 Å². The van der Waals surface area contributed by atoms with Gasteiger partial charge in [0.2, 0.25) is 0 Å². The highest BCUT2D eigenvalue weighted by molar-refractivity contribution is 7.99. The van der Waals surface area contributed by atoms with Crippen molar-refractivity contribution < 1.29 is 19.1 Å². The van der Waals surface area contributed by atoms with E-state index in [0.717, 1.165) is 23.6 Å². The molecule has 108 valence electrons. The third kappa shape index (κ3) is 5.31. The Bertz CT molecular complexity index is 508. The summed E-state index contributed by atoms with van der Waals surface area (Å²) in [5.74, 6) is -0.689. The van der Waals surface area contributed by atoms with Gasteiger partial charge in [0.05, 0.1) is 5.56 Å². The summed E-state index contributed by atoms with van der Waals surface area (Å²) in [6.45, 7) is 4.05. The molecule has 0 aliphatic carbocycles. The van der Waals surface area contributed by atoms with Crippen LogP contribution < -0.4 is 10.6 Å². The lowest BCUT2D eigenvalue weighted by Crippen LogP contribution is -2.30. The molecule has 0 saturated heterocycles. The smallest absolute Gasteiger partial charge is 0.338 e. The van der Waals surface area contributed by atoms with Gasteiger partial charge in [0, 0.05) is 23.7 Å². The van der Waals surface area contributed by atoms with Crippen molar-refractivity contribution in [2.75, 3.05) is 23.4 Å². The lowest BCUT2D eigenvalue weighted by molar-refractivity contribution is 0.0692. The molecular formula is C13H15FN2O3S. The van der Waals surface area contributed by atoms with E-state index in [1.54, 1.807) is 17.8 Å². The van der Waals surface area contributed by atoms with Crippen molar-refractivity contribution in [2.24, 2.45) is 0 Å². The van der Waals surface area contributed by atoms with Crippen molar-refractivity contribution in [3.05, 3.63) is 42.2 Å². The minimum atomic E-state index is -1.35. The second-order valence-electron chi connectivity index (χ2n) is 3.74. The van der Waals surface area contributed by atoms with E-state index in [0.29, 0.717) is 6.54 Å². The largest absolute Gasteiger partial charge is 0.478 e. The normalized spacial score (nSPS) is 9.85. The van der Waals surface area contributed by atoms with Crippen LogP contribution in [0.25, 0.3) is 0 Å². The Kier molecular flexibility index (Phi) is 6.58. The van der Waals surface area contributed by atoms with Gasteiger partial charge in [-0.05, 0) is 18.2 Å². The Morgan fingerprint density at radius 1 is 1.45 bits per heavy atom.